The molecule has 0 saturated heterocycles. The Hall–Kier alpha value is -3.52. The van der Waals surface area contributed by atoms with E-state index in [-0.39, 0.29) is 11.4 Å². The van der Waals surface area contributed by atoms with E-state index in [0.717, 1.165) is 29.7 Å². The average molecular weight is 518 g/mol. The molecular formula is C29H35N5O2S. The van der Waals surface area contributed by atoms with E-state index in [0.29, 0.717) is 22.4 Å². The van der Waals surface area contributed by atoms with Crippen LogP contribution in [0, 0.1) is 5.92 Å². The highest BCUT2D eigenvalue weighted by molar-refractivity contribution is 7.86. The molecular weight excluding hydrogens is 482 g/mol. The fraction of sp³-hybridized carbons (Fsp3) is 0.345. The lowest BCUT2D eigenvalue weighted by Gasteiger charge is -2.26. The van der Waals surface area contributed by atoms with Gasteiger partial charge in [0.05, 0.1) is 16.8 Å². The summed E-state index contributed by atoms with van der Waals surface area (Å²) in [5.74, 6) is 1.92. The molecule has 2 aromatic carbocycles. The predicted molar refractivity (Wildman–Crippen MR) is 149 cm³/mol. The van der Waals surface area contributed by atoms with Crippen molar-refractivity contribution < 1.29 is 8.95 Å². The number of aryl methyl sites for hydroxylation is 2. The maximum atomic E-state index is 13.1. The van der Waals surface area contributed by atoms with E-state index >= 15 is 0 Å². The van der Waals surface area contributed by atoms with Gasteiger partial charge in [-0.2, -0.15) is 10.1 Å². The van der Waals surface area contributed by atoms with Crippen molar-refractivity contribution in [2.75, 3.05) is 4.72 Å². The second-order valence-electron chi connectivity index (χ2n) is 10.6. The molecule has 1 unspecified atom stereocenters. The summed E-state index contributed by atoms with van der Waals surface area (Å²) in [4.78, 5) is 10.2. The third kappa shape index (κ3) is 6.63. The number of para-hydroxylation sites is 1. The van der Waals surface area contributed by atoms with Gasteiger partial charge in [0.25, 0.3) is 0 Å². The third-order valence-electron chi connectivity index (χ3n) is 5.93. The van der Waals surface area contributed by atoms with Crippen LogP contribution in [-0.4, -0.2) is 24.0 Å². The highest BCUT2D eigenvalue weighted by Gasteiger charge is 2.29. The SMILES string of the molecule is CC(C)CCc1ccccc1-c1nc(NS(=O)c2cnn(C)c2)nc(Oc2ccccc2)c1C(C)(C)C. The third-order valence-corrected chi connectivity index (χ3v) is 6.93. The quantitative estimate of drug-likeness (QED) is 0.267. The first-order valence-corrected chi connectivity index (χ1v) is 13.7. The van der Waals surface area contributed by atoms with Crippen molar-refractivity contribution in [2.45, 2.75) is 57.8 Å². The topological polar surface area (TPSA) is 81.9 Å². The lowest BCUT2D eigenvalue weighted by atomic mass is 9.83. The Kier molecular flexibility index (Phi) is 8.07. The van der Waals surface area contributed by atoms with E-state index in [2.05, 4.69) is 62.6 Å². The maximum absolute atomic E-state index is 13.1. The van der Waals surface area contributed by atoms with Crippen LogP contribution in [0.3, 0.4) is 0 Å². The van der Waals surface area contributed by atoms with Crippen molar-refractivity contribution in [3.05, 3.63) is 78.1 Å². The van der Waals surface area contributed by atoms with E-state index in [1.54, 1.807) is 24.1 Å². The number of anilines is 1. The maximum Gasteiger partial charge on any atom is 0.238 e. The van der Waals surface area contributed by atoms with Crippen LogP contribution in [0.25, 0.3) is 11.3 Å². The normalized spacial score (nSPS) is 12.5. The van der Waals surface area contributed by atoms with Crippen LogP contribution in [-0.2, 0) is 29.9 Å². The van der Waals surface area contributed by atoms with Crippen LogP contribution < -0.4 is 9.46 Å². The number of rotatable bonds is 9. The van der Waals surface area contributed by atoms with Gasteiger partial charge in [0.1, 0.15) is 5.75 Å². The van der Waals surface area contributed by atoms with Crippen molar-refractivity contribution in [3.63, 3.8) is 0 Å². The molecule has 2 heterocycles. The minimum absolute atomic E-state index is 0.231. The summed E-state index contributed by atoms with van der Waals surface area (Å²) < 4.78 is 24.0. The zero-order valence-corrected chi connectivity index (χ0v) is 23.2. The molecule has 0 aliphatic heterocycles. The van der Waals surface area contributed by atoms with Crippen LogP contribution in [0.4, 0.5) is 5.95 Å². The molecule has 0 spiro atoms. The van der Waals surface area contributed by atoms with Crippen molar-refractivity contribution >= 4 is 16.9 Å². The summed E-state index contributed by atoms with van der Waals surface area (Å²) in [6.07, 6.45) is 5.27. The molecule has 0 saturated carbocycles. The van der Waals surface area contributed by atoms with Gasteiger partial charge in [0.2, 0.25) is 11.8 Å². The van der Waals surface area contributed by atoms with Crippen LogP contribution >= 0.6 is 0 Å². The minimum Gasteiger partial charge on any atom is -0.439 e. The van der Waals surface area contributed by atoms with Gasteiger partial charge in [-0.05, 0) is 41.9 Å². The molecule has 194 valence electrons. The number of nitrogens with zero attached hydrogens (tertiary/aromatic N) is 4. The van der Waals surface area contributed by atoms with Gasteiger partial charge in [-0.25, -0.2) is 9.19 Å². The average Bonchev–Trinajstić information content (AvgIpc) is 3.29. The smallest absolute Gasteiger partial charge is 0.238 e. The van der Waals surface area contributed by atoms with Crippen molar-refractivity contribution in [3.8, 4) is 22.9 Å². The molecule has 1 N–H and O–H groups in total. The van der Waals surface area contributed by atoms with Crippen LogP contribution in [0.15, 0.2) is 71.9 Å². The standard InChI is InChI=1S/C29H35N5O2S/c1-20(2)16-17-21-12-10-11-15-24(21)26-25(29(3,4)5)27(36-22-13-8-7-9-14-22)32-28(31-26)33-37(35)23-18-30-34(6)19-23/h7-15,18-20H,16-17H2,1-6H3,(H,31,32,33). The first-order chi connectivity index (χ1) is 17.6. The van der Waals surface area contributed by atoms with Crippen LogP contribution in [0.5, 0.6) is 11.6 Å². The molecule has 8 heteroatoms. The number of nitrogens with one attached hydrogen (secondary N) is 1. The zero-order valence-electron chi connectivity index (χ0n) is 22.4. The predicted octanol–water partition coefficient (Wildman–Crippen LogP) is 6.69. The summed E-state index contributed by atoms with van der Waals surface area (Å²) in [6, 6.07) is 17.9. The van der Waals surface area contributed by atoms with Gasteiger partial charge < -0.3 is 4.74 Å². The Labute approximate surface area is 221 Å². The summed E-state index contributed by atoms with van der Waals surface area (Å²) >= 11 is 0. The second kappa shape index (κ2) is 11.3. The molecule has 0 aliphatic carbocycles. The Bertz CT molecular complexity index is 1380. The van der Waals surface area contributed by atoms with E-state index in [1.165, 1.54) is 5.56 Å². The van der Waals surface area contributed by atoms with Crippen molar-refractivity contribution in [1.82, 2.24) is 19.7 Å². The number of aromatic nitrogens is 4. The van der Waals surface area contributed by atoms with Crippen LogP contribution in [0.1, 0.15) is 52.2 Å². The molecule has 2 aromatic heterocycles. The van der Waals surface area contributed by atoms with Gasteiger partial charge in [-0.15, -0.1) is 0 Å². The molecule has 37 heavy (non-hydrogen) atoms. The lowest BCUT2D eigenvalue weighted by molar-refractivity contribution is 0.436. The summed E-state index contributed by atoms with van der Waals surface area (Å²) in [6.45, 7) is 10.9. The second-order valence-corrected chi connectivity index (χ2v) is 11.8. The van der Waals surface area contributed by atoms with Crippen molar-refractivity contribution in [1.29, 1.82) is 0 Å². The molecule has 1 atom stereocenters. The zero-order chi connectivity index (χ0) is 26.6. The molecule has 0 amide bonds. The highest BCUT2D eigenvalue weighted by Crippen LogP contribution is 2.41. The van der Waals surface area contributed by atoms with Gasteiger partial charge in [-0.3, -0.25) is 9.40 Å². The molecule has 7 nitrogen and oxygen atoms in total. The Morgan fingerprint density at radius 1 is 1.03 bits per heavy atom. The van der Waals surface area contributed by atoms with Gasteiger partial charge in [0.15, 0.2) is 11.0 Å². The molecule has 0 bridgehead atoms. The molecule has 4 rings (SSSR count). The monoisotopic (exact) mass is 517 g/mol. The fourth-order valence-corrected chi connectivity index (χ4v) is 4.85. The summed E-state index contributed by atoms with van der Waals surface area (Å²) in [5, 5.41) is 4.13. The summed E-state index contributed by atoms with van der Waals surface area (Å²) in [7, 11) is 0.196. The molecule has 0 fully saturated rings. The lowest BCUT2D eigenvalue weighted by Crippen LogP contribution is -2.19. The molecule has 0 aliphatic rings. The summed E-state index contributed by atoms with van der Waals surface area (Å²) in [5.41, 5.74) is 3.59. The van der Waals surface area contributed by atoms with Crippen molar-refractivity contribution in [2.24, 2.45) is 13.0 Å². The first kappa shape index (κ1) is 26.5. The van der Waals surface area contributed by atoms with E-state index in [4.69, 9.17) is 14.7 Å². The van der Waals surface area contributed by atoms with Gasteiger partial charge in [-0.1, -0.05) is 77.1 Å². The van der Waals surface area contributed by atoms with Gasteiger partial charge >= 0.3 is 0 Å². The number of ether oxygens (including phenoxy) is 1. The van der Waals surface area contributed by atoms with E-state index < -0.39 is 11.0 Å². The van der Waals surface area contributed by atoms with Gasteiger partial charge in [0, 0.05) is 24.4 Å². The number of benzene rings is 2. The molecule has 0 radical (unpaired) electrons. The van der Waals surface area contributed by atoms with Crippen LogP contribution in [0.2, 0.25) is 0 Å². The Morgan fingerprint density at radius 3 is 2.38 bits per heavy atom. The number of hydrogen-bond donors (Lipinski definition) is 1. The fourth-order valence-electron chi connectivity index (χ4n) is 4.08. The first-order valence-electron chi connectivity index (χ1n) is 12.5. The van der Waals surface area contributed by atoms with E-state index in [9.17, 15) is 4.21 Å². The number of hydrogen-bond acceptors (Lipinski definition) is 5. The van der Waals surface area contributed by atoms with E-state index in [1.807, 2.05) is 36.4 Å². The highest BCUT2D eigenvalue weighted by atomic mass is 32.2. The molecule has 4 aromatic rings. The largest absolute Gasteiger partial charge is 0.439 e. The Morgan fingerprint density at radius 2 is 1.73 bits per heavy atom. The minimum atomic E-state index is -1.59. The Balaban J connectivity index is 1.89.